The predicted molar refractivity (Wildman–Crippen MR) is 84.0 cm³/mol. The van der Waals surface area contributed by atoms with E-state index in [0.717, 1.165) is 23.1 Å². The lowest BCUT2D eigenvalue weighted by atomic mass is 9.78. The number of anilines is 1. The molecule has 0 spiro atoms. The van der Waals surface area contributed by atoms with Crippen molar-refractivity contribution >= 4 is 27.4 Å². The molecule has 0 saturated carbocycles. The third-order valence-corrected chi connectivity index (χ3v) is 5.18. The Morgan fingerprint density at radius 3 is 2.47 bits per heavy atom. The zero-order valence-corrected chi connectivity index (χ0v) is 13.6. The molecule has 0 radical (unpaired) electrons. The third-order valence-electron chi connectivity index (χ3n) is 4.52. The number of carbonyl (C=O) groups excluding carboxylic acids is 1. The molecular formula is C16H22BrNO. The van der Waals surface area contributed by atoms with Crippen molar-refractivity contribution in [2.24, 2.45) is 5.41 Å². The van der Waals surface area contributed by atoms with Crippen molar-refractivity contribution in [3.63, 3.8) is 0 Å². The Bertz CT molecular complexity index is 476. The van der Waals surface area contributed by atoms with Gasteiger partial charge in [0, 0.05) is 28.8 Å². The summed E-state index contributed by atoms with van der Waals surface area (Å²) in [5.74, 6) is 0.107. The molecular weight excluding hydrogens is 302 g/mol. The van der Waals surface area contributed by atoms with E-state index in [0.29, 0.717) is 5.41 Å². The predicted octanol–water partition coefficient (Wildman–Crippen LogP) is 4.67. The van der Waals surface area contributed by atoms with Crippen LogP contribution in [0.4, 0.5) is 5.69 Å². The van der Waals surface area contributed by atoms with E-state index in [1.807, 2.05) is 6.07 Å². The van der Waals surface area contributed by atoms with Crippen molar-refractivity contribution in [3.8, 4) is 0 Å². The number of hydrogen-bond donors (Lipinski definition) is 0. The Balaban J connectivity index is 2.12. The van der Waals surface area contributed by atoms with Crippen molar-refractivity contribution in [1.29, 1.82) is 0 Å². The fourth-order valence-electron chi connectivity index (χ4n) is 2.64. The lowest BCUT2D eigenvalue weighted by Crippen LogP contribution is -2.38. The van der Waals surface area contributed by atoms with Gasteiger partial charge in [0.05, 0.1) is 0 Å². The summed E-state index contributed by atoms with van der Waals surface area (Å²) in [6.07, 6.45) is 3.75. The molecule has 1 aromatic rings. The first-order valence-corrected chi connectivity index (χ1v) is 7.80. The van der Waals surface area contributed by atoms with E-state index in [2.05, 4.69) is 46.8 Å². The third kappa shape index (κ3) is 3.19. The molecule has 1 aliphatic rings. The summed E-state index contributed by atoms with van der Waals surface area (Å²) in [5.41, 5.74) is 2.49. The maximum Gasteiger partial charge on any atom is 0.160 e. The molecule has 2 rings (SSSR count). The minimum absolute atomic E-state index is 0.107. The van der Waals surface area contributed by atoms with Crippen LogP contribution in [0.25, 0.3) is 0 Å². The monoisotopic (exact) mass is 323 g/mol. The smallest absolute Gasteiger partial charge is 0.160 e. The van der Waals surface area contributed by atoms with Crippen molar-refractivity contribution < 1.29 is 4.79 Å². The van der Waals surface area contributed by atoms with Crippen LogP contribution in [0.3, 0.4) is 0 Å². The number of benzene rings is 1. The molecule has 0 amide bonds. The fourth-order valence-corrected chi connectivity index (χ4v) is 3.29. The molecule has 1 heterocycles. The number of Topliss-reactive ketones (excluding diaryl/α,β-unsaturated/α-hetero) is 1. The molecule has 1 saturated heterocycles. The average molecular weight is 324 g/mol. The van der Waals surface area contributed by atoms with Gasteiger partial charge in [-0.3, -0.25) is 4.79 Å². The van der Waals surface area contributed by atoms with E-state index in [-0.39, 0.29) is 5.78 Å². The van der Waals surface area contributed by atoms with Gasteiger partial charge in [-0.2, -0.15) is 0 Å². The first kappa shape index (κ1) is 14.6. The van der Waals surface area contributed by atoms with E-state index in [4.69, 9.17) is 0 Å². The van der Waals surface area contributed by atoms with Gasteiger partial charge in [0.25, 0.3) is 0 Å². The zero-order valence-electron chi connectivity index (χ0n) is 12.0. The van der Waals surface area contributed by atoms with Crippen LogP contribution in [-0.2, 0) is 0 Å². The van der Waals surface area contributed by atoms with Gasteiger partial charge in [0.1, 0.15) is 0 Å². The lowest BCUT2D eigenvalue weighted by molar-refractivity contribution is 0.101. The number of ketones is 1. The second-order valence-electron chi connectivity index (χ2n) is 5.87. The Labute approximate surface area is 124 Å². The van der Waals surface area contributed by atoms with E-state index >= 15 is 0 Å². The Morgan fingerprint density at radius 2 is 2.00 bits per heavy atom. The van der Waals surface area contributed by atoms with E-state index < -0.39 is 0 Å². The fraction of sp³-hybridized carbons (Fsp3) is 0.562. The molecule has 0 aliphatic carbocycles. The summed E-state index contributed by atoms with van der Waals surface area (Å²) in [7, 11) is 0. The van der Waals surface area contributed by atoms with Gasteiger partial charge < -0.3 is 4.90 Å². The van der Waals surface area contributed by atoms with Crippen LogP contribution < -0.4 is 4.90 Å². The largest absolute Gasteiger partial charge is 0.371 e. The van der Waals surface area contributed by atoms with Crippen LogP contribution in [0.5, 0.6) is 0 Å². The number of halogens is 1. The number of piperidine rings is 1. The normalized spacial score (nSPS) is 18.4. The minimum Gasteiger partial charge on any atom is -0.371 e. The Morgan fingerprint density at radius 1 is 1.37 bits per heavy atom. The van der Waals surface area contributed by atoms with E-state index in [1.54, 1.807) is 6.92 Å². The van der Waals surface area contributed by atoms with Gasteiger partial charge in [-0.05, 0) is 59.3 Å². The molecule has 1 aliphatic heterocycles. The molecule has 1 aromatic carbocycles. The van der Waals surface area contributed by atoms with Gasteiger partial charge in [0.2, 0.25) is 0 Å². The maximum atomic E-state index is 11.4. The molecule has 0 unspecified atom stereocenters. The summed E-state index contributed by atoms with van der Waals surface area (Å²) in [6.45, 7) is 8.49. The van der Waals surface area contributed by atoms with Gasteiger partial charge in [-0.1, -0.05) is 20.3 Å². The van der Waals surface area contributed by atoms with Gasteiger partial charge in [-0.25, -0.2) is 0 Å². The molecule has 0 atom stereocenters. The van der Waals surface area contributed by atoms with Gasteiger partial charge in [0.15, 0.2) is 5.78 Å². The van der Waals surface area contributed by atoms with Crippen LogP contribution in [-0.4, -0.2) is 18.9 Å². The van der Waals surface area contributed by atoms with Crippen LogP contribution >= 0.6 is 15.9 Å². The molecule has 104 valence electrons. The summed E-state index contributed by atoms with van der Waals surface area (Å²) in [6, 6.07) is 6.07. The number of rotatable bonds is 3. The highest BCUT2D eigenvalue weighted by Gasteiger charge is 2.28. The summed E-state index contributed by atoms with van der Waals surface area (Å²) in [4.78, 5) is 13.9. The van der Waals surface area contributed by atoms with Crippen LogP contribution in [0.2, 0.25) is 0 Å². The molecule has 2 nitrogen and oxygen atoms in total. The second-order valence-corrected chi connectivity index (χ2v) is 6.73. The van der Waals surface area contributed by atoms with E-state index in [9.17, 15) is 4.79 Å². The van der Waals surface area contributed by atoms with E-state index in [1.165, 1.54) is 24.9 Å². The Hall–Kier alpha value is -0.830. The molecule has 0 N–H and O–H groups in total. The van der Waals surface area contributed by atoms with Crippen LogP contribution in [0.1, 0.15) is 50.4 Å². The molecule has 0 aromatic heterocycles. The SMILES string of the molecule is CCC1(C)CCN(c2ccc(C(C)=O)c(Br)c2)CC1. The first-order valence-electron chi connectivity index (χ1n) is 7.00. The Kier molecular flexibility index (Phi) is 4.34. The standard InChI is InChI=1S/C16H22BrNO/c1-4-16(3)7-9-18(10-8-16)13-5-6-14(12(2)19)15(17)11-13/h5-6,11H,4,7-10H2,1-3H3. The van der Waals surface area contributed by atoms with Gasteiger partial charge >= 0.3 is 0 Å². The maximum absolute atomic E-state index is 11.4. The number of hydrogen-bond acceptors (Lipinski definition) is 2. The lowest BCUT2D eigenvalue weighted by Gasteiger charge is -2.40. The topological polar surface area (TPSA) is 20.3 Å². The highest BCUT2D eigenvalue weighted by atomic mass is 79.9. The van der Waals surface area contributed by atoms with Crippen LogP contribution in [0, 0.1) is 5.41 Å². The highest BCUT2D eigenvalue weighted by molar-refractivity contribution is 9.10. The minimum atomic E-state index is 0.107. The average Bonchev–Trinajstić information content (AvgIpc) is 2.39. The molecule has 1 fully saturated rings. The van der Waals surface area contributed by atoms with Crippen molar-refractivity contribution in [2.75, 3.05) is 18.0 Å². The van der Waals surface area contributed by atoms with Crippen molar-refractivity contribution in [2.45, 2.75) is 40.0 Å². The number of carbonyl (C=O) groups is 1. The van der Waals surface area contributed by atoms with Crippen molar-refractivity contribution in [3.05, 3.63) is 28.2 Å². The molecule has 19 heavy (non-hydrogen) atoms. The highest BCUT2D eigenvalue weighted by Crippen LogP contribution is 2.36. The zero-order chi connectivity index (χ0) is 14.0. The first-order chi connectivity index (χ1) is 8.95. The van der Waals surface area contributed by atoms with Gasteiger partial charge in [-0.15, -0.1) is 0 Å². The molecule has 0 bridgehead atoms. The van der Waals surface area contributed by atoms with Crippen molar-refractivity contribution in [1.82, 2.24) is 0 Å². The second kappa shape index (κ2) is 5.66. The quantitative estimate of drug-likeness (QED) is 0.753. The summed E-state index contributed by atoms with van der Waals surface area (Å²) in [5, 5.41) is 0. The number of nitrogens with zero attached hydrogens (tertiary/aromatic N) is 1. The summed E-state index contributed by atoms with van der Waals surface area (Å²) >= 11 is 3.50. The van der Waals surface area contributed by atoms with Crippen LogP contribution in [0.15, 0.2) is 22.7 Å². The molecule has 3 heteroatoms. The summed E-state index contributed by atoms with van der Waals surface area (Å²) < 4.78 is 0.904.